The molecule has 4 aromatic rings. The van der Waals surface area contributed by atoms with Crippen LogP contribution in [0.25, 0.3) is 21.5 Å². The van der Waals surface area contributed by atoms with Crippen molar-refractivity contribution in [1.82, 2.24) is 0 Å². The summed E-state index contributed by atoms with van der Waals surface area (Å²) in [6, 6.07) is 18.4. The monoisotopic (exact) mass is 616 g/mol. The van der Waals surface area contributed by atoms with E-state index in [1.54, 1.807) is 0 Å². The van der Waals surface area contributed by atoms with E-state index in [0.717, 1.165) is 9.52 Å². The number of rotatable bonds is 6. The maximum atomic E-state index is 4.93. The van der Waals surface area contributed by atoms with Crippen LogP contribution in [-0.2, 0) is 33.7 Å². The number of unbranched alkanes of at least 4 members (excludes halogenated alkanes) is 2. The second kappa shape index (κ2) is 18.6. The van der Waals surface area contributed by atoms with Crippen molar-refractivity contribution in [1.29, 1.82) is 0 Å². The van der Waals surface area contributed by atoms with Crippen molar-refractivity contribution in [2.24, 2.45) is 0 Å². The van der Waals surface area contributed by atoms with E-state index in [9.17, 15) is 0 Å². The van der Waals surface area contributed by atoms with E-state index in [-0.39, 0.29) is 0 Å². The van der Waals surface area contributed by atoms with Gasteiger partial charge in [-0.3, -0.25) is 0 Å². The van der Waals surface area contributed by atoms with Gasteiger partial charge in [0.15, 0.2) is 0 Å². The summed E-state index contributed by atoms with van der Waals surface area (Å²) in [5.74, 6) is 0. The van der Waals surface area contributed by atoms with Crippen LogP contribution in [0.15, 0.2) is 48.5 Å². The normalized spacial score (nSPS) is 10.1. The molecule has 0 spiro atoms. The van der Waals surface area contributed by atoms with Crippen LogP contribution in [0.2, 0.25) is 13.1 Å². The van der Waals surface area contributed by atoms with E-state index in [1.165, 1.54) is 93.5 Å². The number of hydrogen-bond donors (Lipinski definition) is 0. The number of halogens is 2. The first kappa shape index (κ1) is 33.4. The number of benzene rings is 2. The fourth-order valence-corrected chi connectivity index (χ4v) is 4.47. The molecule has 0 aliphatic carbocycles. The van der Waals surface area contributed by atoms with Crippen LogP contribution < -0.4 is 0 Å². The van der Waals surface area contributed by atoms with Crippen LogP contribution in [-0.4, -0.2) is 9.52 Å². The summed E-state index contributed by atoms with van der Waals surface area (Å²) < 4.78 is 0. The Kier molecular flexibility index (Phi) is 17.2. The first-order valence-corrected chi connectivity index (χ1v) is 21.5. The van der Waals surface area contributed by atoms with E-state index in [0.29, 0.717) is 0 Å². The summed E-state index contributed by atoms with van der Waals surface area (Å²) in [6.45, 7) is 17.6. The maximum absolute atomic E-state index is 4.93. The van der Waals surface area contributed by atoms with Crippen molar-refractivity contribution in [3.05, 3.63) is 81.9 Å². The molecule has 4 heteroatoms. The third-order valence-corrected chi connectivity index (χ3v) is 6.28. The number of aryl methyl sites for hydroxylation is 6. The Bertz CT molecular complexity index is 1060. The molecule has 0 bridgehead atoms. The molecule has 0 nitrogen and oxygen atoms in total. The van der Waals surface area contributed by atoms with Gasteiger partial charge in [0.1, 0.15) is 0 Å². The molecular formula is C32H44Cl2SiZr. The Hall–Kier alpha value is -0.660. The van der Waals surface area contributed by atoms with Crippen LogP contribution in [0.5, 0.6) is 0 Å². The van der Waals surface area contributed by atoms with Crippen molar-refractivity contribution in [2.45, 2.75) is 93.2 Å². The summed E-state index contributed by atoms with van der Waals surface area (Å²) >= 11 is -0.826. The van der Waals surface area contributed by atoms with Gasteiger partial charge >= 0.3 is 37.9 Å². The topological polar surface area (TPSA) is 0 Å². The fourth-order valence-electron chi connectivity index (χ4n) is 4.47. The van der Waals surface area contributed by atoms with Crippen LogP contribution in [0.3, 0.4) is 0 Å². The zero-order chi connectivity index (χ0) is 27.1. The molecule has 0 aromatic heterocycles. The molecule has 0 saturated heterocycles. The van der Waals surface area contributed by atoms with E-state index < -0.39 is 20.8 Å². The summed E-state index contributed by atoms with van der Waals surface area (Å²) in [7, 11) is 11.0. The Balaban J connectivity index is 0.000000296. The van der Waals surface area contributed by atoms with Crippen LogP contribution in [0, 0.1) is 27.7 Å². The van der Waals surface area contributed by atoms with Gasteiger partial charge in [0.25, 0.3) is 0 Å². The van der Waals surface area contributed by atoms with Gasteiger partial charge in [0.2, 0.25) is 0 Å². The van der Waals surface area contributed by atoms with Crippen molar-refractivity contribution in [2.75, 3.05) is 0 Å². The molecule has 4 rings (SSSR count). The molecule has 0 atom stereocenters. The van der Waals surface area contributed by atoms with Gasteiger partial charge in [-0.25, -0.2) is 0 Å². The second-order valence-electron chi connectivity index (χ2n) is 9.58. The van der Waals surface area contributed by atoms with Crippen molar-refractivity contribution < 1.29 is 20.8 Å². The zero-order valence-electron chi connectivity index (χ0n) is 23.6. The van der Waals surface area contributed by atoms with Crippen LogP contribution >= 0.6 is 17.0 Å². The van der Waals surface area contributed by atoms with E-state index >= 15 is 0 Å². The minimum atomic E-state index is -0.826. The van der Waals surface area contributed by atoms with Gasteiger partial charge in [0, 0.05) is 9.52 Å². The first-order chi connectivity index (χ1) is 17.3. The Morgan fingerprint density at radius 1 is 0.694 bits per heavy atom. The van der Waals surface area contributed by atoms with E-state index in [2.05, 4.69) is 103 Å². The molecule has 0 heterocycles. The molecule has 0 unspecified atom stereocenters. The molecule has 2 radical (unpaired) electrons. The predicted molar refractivity (Wildman–Crippen MR) is 164 cm³/mol. The van der Waals surface area contributed by atoms with Gasteiger partial charge in [-0.2, -0.15) is 12.1 Å². The van der Waals surface area contributed by atoms with Crippen LogP contribution in [0.4, 0.5) is 0 Å². The summed E-state index contributed by atoms with van der Waals surface area (Å²) in [5, 5.41) is 5.84. The Morgan fingerprint density at radius 2 is 1.03 bits per heavy atom. The second-order valence-corrected chi connectivity index (χ2v) is 14.3. The molecule has 0 saturated carbocycles. The predicted octanol–water partition coefficient (Wildman–Crippen LogP) is 11.2. The van der Waals surface area contributed by atoms with Gasteiger partial charge in [-0.05, 0) is 12.8 Å². The SMILES string of the molecule is CCCCc1ccc(C)c2[cH-]c(C)cc12.CCCCc1ccc(C)c2[cH-]c(C)cc12.C[Si]C.[Cl][Zr+2][Cl]. The first-order valence-electron chi connectivity index (χ1n) is 13.1. The average molecular weight is 619 g/mol. The van der Waals surface area contributed by atoms with E-state index in [4.69, 9.17) is 17.0 Å². The van der Waals surface area contributed by atoms with E-state index in [1.807, 2.05) is 0 Å². The standard InChI is InChI=1S/2C15H19.C2H6Si.2ClH.Zr/c2*1-4-5-6-13-8-7-12(3)14-9-11(2)10-15(13)14;1-3-2;;;/h2*7-10H,4-6H2,1-3H3;1-2H3;2*1H;/q2*-1;;;;+4/p-2. The van der Waals surface area contributed by atoms with Crippen molar-refractivity contribution in [3.8, 4) is 0 Å². The van der Waals surface area contributed by atoms with Gasteiger partial charge in [-0.1, -0.05) is 104 Å². The minimum absolute atomic E-state index is 0.826. The molecule has 194 valence electrons. The molecule has 36 heavy (non-hydrogen) atoms. The summed E-state index contributed by atoms with van der Waals surface area (Å²) in [5.41, 5.74) is 8.61. The third-order valence-electron chi connectivity index (χ3n) is 6.28. The van der Waals surface area contributed by atoms with Crippen molar-refractivity contribution >= 4 is 48.1 Å². The molecular weight excluding hydrogens is 575 g/mol. The quantitative estimate of drug-likeness (QED) is 0.149. The molecule has 4 aromatic carbocycles. The van der Waals surface area contributed by atoms with Crippen molar-refractivity contribution in [3.63, 3.8) is 0 Å². The molecule has 0 aliphatic rings. The molecule has 0 fully saturated rings. The summed E-state index contributed by atoms with van der Waals surface area (Å²) in [6.07, 6.45) is 7.57. The Morgan fingerprint density at radius 3 is 1.33 bits per heavy atom. The number of fused-ring (bicyclic) bond motifs is 2. The Labute approximate surface area is 242 Å². The van der Waals surface area contributed by atoms with Gasteiger partial charge in [0.05, 0.1) is 0 Å². The van der Waals surface area contributed by atoms with Gasteiger partial charge in [-0.15, -0.1) is 68.1 Å². The van der Waals surface area contributed by atoms with Gasteiger partial charge < -0.3 is 0 Å². The molecule has 0 N–H and O–H groups in total. The zero-order valence-corrected chi connectivity index (χ0v) is 28.6. The average Bonchev–Trinajstić information content (AvgIpc) is 3.43. The fraction of sp³-hybridized carbons (Fsp3) is 0.438. The summed E-state index contributed by atoms with van der Waals surface area (Å²) in [4.78, 5) is 0. The molecule has 0 aliphatic heterocycles. The van der Waals surface area contributed by atoms with Crippen LogP contribution in [0.1, 0.15) is 72.9 Å². The number of hydrogen-bond acceptors (Lipinski definition) is 0. The molecule has 0 amide bonds. The third kappa shape index (κ3) is 10.6.